The van der Waals surface area contributed by atoms with Crippen LogP contribution in [0.2, 0.25) is 0 Å². The summed E-state index contributed by atoms with van der Waals surface area (Å²) in [6, 6.07) is 67.2. The molecule has 2 aromatic heterocycles. The van der Waals surface area contributed by atoms with E-state index in [1.165, 1.54) is 55.3 Å². The van der Waals surface area contributed by atoms with E-state index in [0.29, 0.717) is 23.2 Å². The van der Waals surface area contributed by atoms with Crippen LogP contribution < -0.4 is 0 Å². The van der Waals surface area contributed by atoms with Gasteiger partial charge in [-0.05, 0) is 120 Å². The summed E-state index contributed by atoms with van der Waals surface area (Å²) in [5.74, 6) is 1.91. The van der Waals surface area contributed by atoms with Crippen LogP contribution in [-0.4, -0.2) is 19.5 Å². The molecular formula is C62H43N5. The van der Waals surface area contributed by atoms with Crippen LogP contribution in [0, 0.1) is 6.57 Å². The highest BCUT2D eigenvalue weighted by molar-refractivity contribution is 6.11. The van der Waals surface area contributed by atoms with Crippen molar-refractivity contribution in [1.29, 1.82) is 0 Å². The first-order valence-electron chi connectivity index (χ1n) is 23.0. The first-order valence-corrected chi connectivity index (χ1v) is 23.0. The van der Waals surface area contributed by atoms with Gasteiger partial charge in [-0.25, -0.2) is 19.8 Å². The average molecular weight is 858 g/mol. The molecule has 2 aliphatic rings. The van der Waals surface area contributed by atoms with Gasteiger partial charge >= 0.3 is 0 Å². The second-order valence-corrected chi connectivity index (χ2v) is 19.2. The number of rotatable bonds is 5. The van der Waals surface area contributed by atoms with Crippen molar-refractivity contribution in [3.8, 4) is 73.2 Å². The molecule has 0 unspecified atom stereocenters. The molecule has 0 bridgehead atoms. The Kier molecular flexibility index (Phi) is 8.30. The number of nitrogens with zero attached hydrogens (tertiary/aromatic N) is 5. The zero-order chi connectivity index (χ0) is 45.2. The van der Waals surface area contributed by atoms with Crippen molar-refractivity contribution in [1.82, 2.24) is 19.5 Å². The Morgan fingerprint density at radius 1 is 0.388 bits per heavy atom. The number of hydrogen-bond acceptors (Lipinski definition) is 3. The van der Waals surface area contributed by atoms with Crippen LogP contribution in [0.5, 0.6) is 0 Å². The zero-order valence-electron chi connectivity index (χ0n) is 37.6. The van der Waals surface area contributed by atoms with E-state index < -0.39 is 0 Å². The van der Waals surface area contributed by atoms with Gasteiger partial charge in [0.05, 0.1) is 17.6 Å². The summed E-state index contributed by atoms with van der Waals surface area (Å²) in [5.41, 5.74) is 18.9. The quantitative estimate of drug-likeness (QED) is 0.162. The van der Waals surface area contributed by atoms with Gasteiger partial charge in [0.2, 0.25) is 0 Å². The maximum atomic E-state index is 7.82. The minimum atomic E-state index is -0.162. The maximum Gasteiger partial charge on any atom is 0.188 e. The summed E-state index contributed by atoms with van der Waals surface area (Å²) in [5, 5.41) is 4.54. The minimum Gasteiger partial charge on any atom is -0.309 e. The number of aromatic nitrogens is 4. The molecule has 316 valence electrons. The van der Waals surface area contributed by atoms with Gasteiger partial charge in [0.25, 0.3) is 0 Å². The van der Waals surface area contributed by atoms with Crippen LogP contribution >= 0.6 is 0 Å². The predicted molar refractivity (Wildman–Crippen MR) is 275 cm³/mol. The monoisotopic (exact) mass is 857 g/mol. The van der Waals surface area contributed by atoms with E-state index in [-0.39, 0.29) is 10.8 Å². The normalized spacial score (nSPS) is 13.9. The smallest absolute Gasteiger partial charge is 0.188 e. The van der Waals surface area contributed by atoms with E-state index in [2.05, 4.69) is 213 Å². The molecule has 0 amide bonds. The first-order chi connectivity index (χ1) is 32.6. The zero-order valence-corrected chi connectivity index (χ0v) is 37.6. The second-order valence-electron chi connectivity index (χ2n) is 19.2. The largest absolute Gasteiger partial charge is 0.309 e. The lowest BCUT2D eigenvalue weighted by atomic mass is 9.82. The predicted octanol–water partition coefficient (Wildman–Crippen LogP) is 16.0. The number of fused-ring (bicyclic) bond motifs is 10. The summed E-state index contributed by atoms with van der Waals surface area (Å²) < 4.78 is 2.31. The average Bonchev–Trinajstić information content (AvgIpc) is 3.91. The van der Waals surface area contributed by atoms with Crippen molar-refractivity contribution in [2.24, 2.45) is 0 Å². The lowest BCUT2D eigenvalue weighted by Gasteiger charge is -2.22. The number of hydrogen-bond donors (Lipinski definition) is 0. The van der Waals surface area contributed by atoms with Gasteiger partial charge in [0.15, 0.2) is 23.2 Å². The Hall–Kier alpha value is -8.46. The van der Waals surface area contributed by atoms with Gasteiger partial charge in [-0.3, -0.25) is 0 Å². The van der Waals surface area contributed by atoms with Crippen LogP contribution in [-0.2, 0) is 10.8 Å². The Balaban J connectivity index is 0.928. The molecule has 0 atom stereocenters. The summed E-state index contributed by atoms with van der Waals surface area (Å²) in [7, 11) is 0. The van der Waals surface area contributed by atoms with E-state index in [0.717, 1.165) is 55.3 Å². The van der Waals surface area contributed by atoms with Crippen LogP contribution in [0.1, 0.15) is 49.9 Å². The van der Waals surface area contributed by atoms with Gasteiger partial charge in [0.1, 0.15) is 0 Å². The summed E-state index contributed by atoms with van der Waals surface area (Å²) in [6.07, 6.45) is 0. The Labute approximate surface area is 389 Å². The highest BCUT2D eigenvalue weighted by Crippen LogP contribution is 2.51. The molecule has 0 spiro atoms. The van der Waals surface area contributed by atoms with Crippen LogP contribution in [0.15, 0.2) is 188 Å². The van der Waals surface area contributed by atoms with E-state index in [9.17, 15) is 0 Å². The van der Waals surface area contributed by atoms with Crippen LogP contribution in [0.25, 0.3) is 111 Å². The third-order valence-electron chi connectivity index (χ3n) is 14.7. The molecule has 2 heterocycles. The third-order valence-corrected chi connectivity index (χ3v) is 14.7. The summed E-state index contributed by atoms with van der Waals surface area (Å²) in [6.45, 7) is 17.1. The lowest BCUT2D eigenvalue weighted by molar-refractivity contribution is 0.660. The maximum absolute atomic E-state index is 7.82. The minimum absolute atomic E-state index is 0.101. The van der Waals surface area contributed by atoms with Gasteiger partial charge in [-0.2, -0.15) is 0 Å². The van der Waals surface area contributed by atoms with E-state index in [1.807, 2.05) is 12.1 Å². The SMILES string of the molecule is [C-]#[N+]c1ccc2c(c1)c1cc(-c3ccc(-c4nc(-c5ccc6c(c5)-c5ccccc5C6(C)C)nc(-c5ccc6c(c5)C(C)(C)c5ccccc5-6)n4)cc3)ccc1n2-c1ccc2ccccc2c1. The van der Waals surface area contributed by atoms with E-state index in [4.69, 9.17) is 21.5 Å². The van der Waals surface area contributed by atoms with Gasteiger partial charge in [0, 0.05) is 38.6 Å². The molecule has 5 nitrogen and oxygen atoms in total. The highest BCUT2D eigenvalue weighted by atomic mass is 15.0. The molecular weight excluding hydrogens is 815 g/mol. The number of benzene rings is 9. The lowest BCUT2D eigenvalue weighted by Crippen LogP contribution is -2.15. The first kappa shape index (κ1) is 39.0. The van der Waals surface area contributed by atoms with E-state index in [1.54, 1.807) is 0 Å². The molecule has 9 aromatic carbocycles. The molecule has 0 aliphatic heterocycles. The van der Waals surface area contributed by atoms with Crippen molar-refractivity contribution < 1.29 is 0 Å². The highest BCUT2D eigenvalue weighted by Gasteiger charge is 2.37. The molecule has 0 saturated carbocycles. The standard InChI is InChI=1S/C62H43N5/c1-61(2)53-17-11-9-15-47(53)49-34-42(24-29-54(49)61)59-64-58(65-60(66-59)43-23-28-48-46-14-8-10-16-52(46)62(3,4)55(48)35-43)39-20-18-38(19-21-39)41-25-30-56-50(33-41)51-36-44(63-5)26-31-57(51)67(56)45-27-22-37-12-6-7-13-40(37)32-45/h6-36H,1-4H3. The topological polar surface area (TPSA) is 48.0 Å². The van der Waals surface area contributed by atoms with Crippen LogP contribution in [0.3, 0.4) is 0 Å². The Bertz CT molecular complexity index is 3940. The van der Waals surface area contributed by atoms with E-state index >= 15 is 0 Å². The molecule has 0 saturated heterocycles. The summed E-state index contributed by atoms with van der Waals surface area (Å²) >= 11 is 0. The fraction of sp³-hybridized carbons (Fsp3) is 0.0968. The molecule has 0 fully saturated rings. The fourth-order valence-corrected chi connectivity index (χ4v) is 11.1. The van der Waals surface area contributed by atoms with Crippen molar-refractivity contribution in [2.75, 3.05) is 0 Å². The van der Waals surface area contributed by atoms with Gasteiger partial charge < -0.3 is 4.57 Å². The van der Waals surface area contributed by atoms with Crippen molar-refractivity contribution >= 4 is 38.3 Å². The van der Waals surface area contributed by atoms with Crippen molar-refractivity contribution in [3.05, 3.63) is 222 Å². The van der Waals surface area contributed by atoms with Crippen molar-refractivity contribution in [3.63, 3.8) is 0 Å². The molecule has 0 N–H and O–H groups in total. The Morgan fingerprint density at radius 2 is 0.910 bits per heavy atom. The molecule has 67 heavy (non-hydrogen) atoms. The molecule has 0 radical (unpaired) electrons. The molecule has 13 rings (SSSR count). The summed E-state index contributed by atoms with van der Waals surface area (Å²) in [4.78, 5) is 19.6. The Morgan fingerprint density at radius 3 is 1.64 bits per heavy atom. The second kappa shape index (κ2) is 14.3. The molecule has 5 heteroatoms. The van der Waals surface area contributed by atoms with Crippen molar-refractivity contribution in [2.45, 2.75) is 38.5 Å². The van der Waals surface area contributed by atoms with Gasteiger partial charge in [-0.1, -0.05) is 167 Å². The third kappa shape index (κ3) is 5.89. The molecule has 11 aromatic rings. The molecule has 2 aliphatic carbocycles. The van der Waals surface area contributed by atoms with Gasteiger partial charge in [-0.15, -0.1) is 0 Å². The fourth-order valence-electron chi connectivity index (χ4n) is 11.1. The van der Waals surface area contributed by atoms with Crippen LogP contribution in [0.4, 0.5) is 5.69 Å².